The van der Waals surface area contributed by atoms with E-state index in [0.717, 1.165) is 10.8 Å². The van der Waals surface area contributed by atoms with Crippen molar-refractivity contribution in [3.8, 4) is 11.6 Å². The van der Waals surface area contributed by atoms with Crippen molar-refractivity contribution >= 4 is 40.3 Å². The molecule has 2 aliphatic heterocycles. The molecule has 1 saturated carbocycles. The second-order valence-corrected chi connectivity index (χ2v) is 13.0. The molecule has 1 saturated heterocycles. The van der Waals surface area contributed by atoms with Crippen LogP contribution in [-0.2, 0) is 19.1 Å². The number of carbonyl (C=O) groups is 3. The predicted molar refractivity (Wildman–Crippen MR) is 164 cm³/mol. The molecule has 2 fully saturated rings. The van der Waals surface area contributed by atoms with Crippen molar-refractivity contribution in [1.82, 2.24) is 15.2 Å². The number of allylic oxidation sites excluding steroid dienone is 2. The van der Waals surface area contributed by atoms with Crippen LogP contribution in [0.2, 0.25) is 0 Å². The average molecular weight is 622 g/mol. The second kappa shape index (κ2) is 11.1. The zero-order valence-corrected chi connectivity index (χ0v) is 25.9. The zero-order chi connectivity index (χ0) is 31.4. The van der Waals surface area contributed by atoms with Gasteiger partial charge in [-0.1, -0.05) is 42.0 Å². The van der Waals surface area contributed by atoms with E-state index in [1.165, 1.54) is 4.90 Å². The van der Waals surface area contributed by atoms with Crippen molar-refractivity contribution in [2.45, 2.75) is 75.8 Å². The third kappa shape index (κ3) is 5.40. The molecule has 6 atom stereocenters. The lowest BCUT2D eigenvalue weighted by Gasteiger charge is -2.28. The minimum absolute atomic E-state index is 0.0778. The number of carbonyl (C=O) groups excluding carboxylic acids is 3. The summed E-state index contributed by atoms with van der Waals surface area (Å²) in [5, 5.41) is 5.07. The molecule has 2 aromatic rings. The zero-order valence-electron chi connectivity index (χ0n) is 25.2. The number of nitrogens with zero attached hydrogens (tertiary/aromatic N) is 2. The third-order valence-electron chi connectivity index (χ3n) is 8.32. The Morgan fingerprint density at radius 3 is 2.68 bits per heavy atom. The molecule has 44 heavy (non-hydrogen) atoms. The number of pyridine rings is 1. The maximum absolute atomic E-state index is 13.8. The number of aromatic nitrogens is 1. The summed E-state index contributed by atoms with van der Waals surface area (Å²) < 4.78 is 23.7. The number of benzene rings is 1. The predicted octanol–water partition coefficient (Wildman–Crippen LogP) is 5.15. The van der Waals surface area contributed by atoms with Gasteiger partial charge in [-0.25, -0.2) is 14.6 Å². The molecule has 3 heterocycles. The van der Waals surface area contributed by atoms with E-state index >= 15 is 0 Å². The SMILES string of the molecule is C=C[C@@H]1C[C@]1(NC(=O)[C@@H]1C[C@@H](Oc2nc3c(c4ccccc24)OC2C=CC(Cl)=CC32)CN1C(=O)OC(C)(C)C)C(=O)OCC. The van der Waals surface area contributed by atoms with Crippen molar-refractivity contribution in [1.29, 1.82) is 0 Å². The minimum Gasteiger partial charge on any atom is -0.483 e. The Morgan fingerprint density at radius 2 is 2.00 bits per heavy atom. The molecule has 1 N–H and O–H groups in total. The first-order valence-corrected chi connectivity index (χ1v) is 15.2. The van der Waals surface area contributed by atoms with Crippen LogP contribution in [0.4, 0.5) is 4.79 Å². The van der Waals surface area contributed by atoms with Gasteiger partial charge in [-0.3, -0.25) is 9.69 Å². The van der Waals surface area contributed by atoms with Crippen molar-refractivity contribution in [2.75, 3.05) is 13.2 Å². The molecule has 0 spiro atoms. The van der Waals surface area contributed by atoms with E-state index in [0.29, 0.717) is 28.8 Å². The molecule has 0 radical (unpaired) electrons. The van der Waals surface area contributed by atoms with Crippen LogP contribution in [0.15, 0.2) is 60.2 Å². The van der Waals surface area contributed by atoms with E-state index in [1.807, 2.05) is 42.5 Å². The molecule has 1 aromatic carbocycles. The van der Waals surface area contributed by atoms with Crippen LogP contribution >= 0.6 is 11.6 Å². The first-order chi connectivity index (χ1) is 20.9. The number of halogens is 1. The van der Waals surface area contributed by atoms with Gasteiger partial charge >= 0.3 is 12.1 Å². The summed E-state index contributed by atoms with van der Waals surface area (Å²) in [5.74, 6) is -0.399. The number of rotatable bonds is 7. The van der Waals surface area contributed by atoms with Crippen molar-refractivity contribution in [2.24, 2.45) is 5.92 Å². The maximum atomic E-state index is 13.8. The molecule has 0 bridgehead atoms. The lowest BCUT2D eigenvalue weighted by molar-refractivity contribution is -0.149. The first-order valence-electron chi connectivity index (χ1n) is 14.9. The Bertz CT molecular complexity index is 1600. The Balaban J connectivity index is 1.30. The fraction of sp³-hybridized carbons (Fsp3) is 0.455. The van der Waals surface area contributed by atoms with E-state index in [2.05, 4.69) is 11.9 Å². The average Bonchev–Trinajstić information content (AvgIpc) is 3.33. The number of amides is 2. The molecule has 1 aromatic heterocycles. The standard InChI is InChI=1S/C33H36ClN3O7/c1-6-18-16-33(18,30(39)41-7-2)36-28(38)24-15-20(17-37(24)31(40)44-32(3,4)5)42-29-22-11-9-8-10-21(22)27-26(35-29)23-14-19(34)12-13-25(23)43-27/h6,8-14,18,20,23-25H,1,7,15-17H2,2-5H3,(H,36,38)/t18-,20-,23?,24+,25?,33-/m1/s1. The highest BCUT2D eigenvalue weighted by Gasteiger charge is 2.62. The lowest BCUT2D eigenvalue weighted by Crippen LogP contribution is -2.53. The van der Waals surface area contributed by atoms with Crippen LogP contribution in [0.1, 0.15) is 52.1 Å². The number of hydrogen-bond acceptors (Lipinski definition) is 8. The van der Waals surface area contributed by atoms with Crippen LogP contribution in [0.5, 0.6) is 11.6 Å². The first kappa shape index (κ1) is 30.0. The summed E-state index contributed by atoms with van der Waals surface area (Å²) in [4.78, 5) is 46.3. The van der Waals surface area contributed by atoms with Gasteiger partial charge in [0.2, 0.25) is 11.8 Å². The number of ether oxygens (including phenoxy) is 4. The van der Waals surface area contributed by atoms with E-state index in [1.54, 1.807) is 33.8 Å². The molecular formula is C33H36ClN3O7. The molecule has 2 unspecified atom stereocenters. The highest BCUT2D eigenvalue weighted by atomic mass is 35.5. The van der Waals surface area contributed by atoms with Crippen molar-refractivity contribution < 1.29 is 33.3 Å². The number of likely N-dealkylation sites (tertiary alicyclic amines) is 1. The Labute approximate surface area is 261 Å². The van der Waals surface area contributed by atoms with Crippen molar-refractivity contribution in [3.63, 3.8) is 0 Å². The number of esters is 1. The Kier molecular flexibility index (Phi) is 7.60. The van der Waals surface area contributed by atoms with Gasteiger partial charge in [0.05, 0.1) is 24.8 Å². The van der Waals surface area contributed by atoms with Gasteiger partial charge < -0.3 is 24.3 Å². The van der Waals surface area contributed by atoms with E-state index in [-0.39, 0.29) is 37.5 Å². The number of fused-ring (bicyclic) bond motifs is 5. The lowest BCUT2D eigenvalue weighted by atomic mass is 9.95. The molecule has 6 rings (SSSR count). The minimum atomic E-state index is -1.20. The van der Waals surface area contributed by atoms with Crippen LogP contribution in [0.3, 0.4) is 0 Å². The van der Waals surface area contributed by atoms with Crippen LogP contribution in [0, 0.1) is 5.92 Å². The maximum Gasteiger partial charge on any atom is 0.411 e. The summed E-state index contributed by atoms with van der Waals surface area (Å²) in [6.07, 6.45) is 6.34. The van der Waals surface area contributed by atoms with Gasteiger partial charge in [0.15, 0.2) is 5.75 Å². The Hall–Kier alpha value is -4.05. The summed E-state index contributed by atoms with van der Waals surface area (Å²) in [6, 6.07) is 6.71. The quantitative estimate of drug-likeness (QED) is 0.333. The summed E-state index contributed by atoms with van der Waals surface area (Å²) in [7, 11) is 0. The monoisotopic (exact) mass is 621 g/mol. The van der Waals surface area contributed by atoms with E-state index < -0.39 is 41.3 Å². The van der Waals surface area contributed by atoms with E-state index in [9.17, 15) is 14.4 Å². The van der Waals surface area contributed by atoms with Gasteiger partial charge in [0, 0.05) is 28.1 Å². The number of nitrogens with one attached hydrogen (secondary N) is 1. The van der Waals surface area contributed by atoms with Gasteiger partial charge in [-0.15, -0.1) is 6.58 Å². The highest BCUT2D eigenvalue weighted by molar-refractivity contribution is 6.31. The summed E-state index contributed by atoms with van der Waals surface area (Å²) in [5.41, 5.74) is -1.28. The number of hydrogen-bond donors (Lipinski definition) is 1. The van der Waals surface area contributed by atoms with Crippen LogP contribution in [0.25, 0.3) is 10.8 Å². The third-order valence-corrected chi connectivity index (χ3v) is 8.57. The molecule has 4 aliphatic rings. The largest absolute Gasteiger partial charge is 0.483 e. The van der Waals surface area contributed by atoms with Crippen molar-refractivity contribution in [3.05, 3.63) is 65.9 Å². The van der Waals surface area contributed by atoms with Crippen LogP contribution in [-0.4, -0.2) is 70.4 Å². The molecule has 2 aliphatic carbocycles. The van der Waals surface area contributed by atoms with Crippen LogP contribution < -0.4 is 14.8 Å². The molecule has 232 valence electrons. The van der Waals surface area contributed by atoms with Gasteiger partial charge in [-0.05, 0) is 52.3 Å². The van der Waals surface area contributed by atoms with Gasteiger partial charge in [-0.2, -0.15) is 0 Å². The molecule has 2 amide bonds. The fourth-order valence-electron chi connectivity index (χ4n) is 6.15. The van der Waals surface area contributed by atoms with Gasteiger partial charge in [0.1, 0.15) is 29.4 Å². The molecule has 11 heteroatoms. The molecule has 10 nitrogen and oxygen atoms in total. The molecular weight excluding hydrogens is 586 g/mol. The summed E-state index contributed by atoms with van der Waals surface area (Å²) in [6.45, 7) is 11.0. The smallest absolute Gasteiger partial charge is 0.411 e. The highest BCUT2D eigenvalue weighted by Crippen LogP contribution is 2.48. The van der Waals surface area contributed by atoms with Gasteiger partial charge in [0.25, 0.3) is 0 Å². The topological polar surface area (TPSA) is 116 Å². The summed E-state index contributed by atoms with van der Waals surface area (Å²) >= 11 is 6.33. The normalized spacial score (nSPS) is 28.3. The fourth-order valence-corrected chi connectivity index (χ4v) is 6.36. The van der Waals surface area contributed by atoms with E-state index in [4.69, 9.17) is 35.5 Å². The second-order valence-electron chi connectivity index (χ2n) is 12.5. The Morgan fingerprint density at radius 1 is 1.25 bits per heavy atom.